The van der Waals surface area contributed by atoms with Gasteiger partial charge in [0, 0.05) is 21.5 Å². The van der Waals surface area contributed by atoms with Gasteiger partial charge in [-0.05, 0) is 48.6 Å². The molecule has 0 bridgehead atoms. The smallest absolute Gasteiger partial charge is 0.231 e. The number of hydrogen-bond acceptors (Lipinski definition) is 4. The number of hydrogen-bond donors (Lipinski definition) is 2. The van der Waals surface area contributed by atoms with E-state index in [4.69, 9.17) is 21.7 Å². The second kappa shape index (κ2) is 7.68. The fourth-order valence-corrected chi connectivity index (χ4v) is 3.68. The molecule has 0 aliphatic carbocycles. The summed E-state index contributed by atoms with van der Waals surface area (Å²) in [6, 6.07) is 24.0. The van der Waals surface area contributed by atoms with Crippen molar-refractivity contribution in [1.82, 2.24) is 0 Å². The fraction of sp³-hybridized carbons (Fsp3) is 0.0500. The first-order valence-corrected chi connectivity index (χ1v) is 9.30. The minimum absolute atomic E-state index is 0.256. The van der Waals surface area contributed by atoms with E-state index in [1.165, 1.54) is 4.90 Å². The monoisotopic (exact) mass is 380 g/mol. The maximum atomic E-state index is 5.47. The number of nitrogens with one attached hydrogen (secondary N) is 2. The molecule has 3 aromatic rings. The van der Waals surface area contributed by atoms with Crippen LogP contribution in [0.4, 0.5) is 11.4 Å². The summed E-state index contributed by atoms with van der Waals surface area (Å²) < 4.78 is 10.7. The highest BCUT2D eigenvalue weighted by Crippen LogP contribution is 2.35. The third-order valence-electron chi connectivity index (χ3n) is 3.74. The number of para-hydroxylation sites is 1. The van der Waals surface area contributed by atoms with Gasteiger partial charge in [0.25, 0.3) is 0 Å². The summed E-state index contributed by atoms with van der Waals surface area (Å²) in [5.74, 6) is 1.47. The Morgan fingerprint density at radius 2 is 1.62 bits per heavy atom. The van der Waals surface area contributed by atoms with Crippen molar-refractivity contribution in [3.8, 4) is 11.5 Å². The average Bonchev–Trinajstić information content (AvgIpc) is 3.12. The molecule has 0 spiro atoms. The Morgan fingerprint density at radius 1 is 0.846 bits per heavy atom. The summed E-state index contributed by atoms with van der Waals surface area (Å²) in [5.41, 5.74) is 1.81. The number of benzene rings is 3. The molecule has 0 atom stereocenters. The van der Waals surface area contributed by atoms with E-state index < -0.39 is 0 Å². The lowest BCUT2D eigenvalue weighted by molar-refractivity contribution is 0.174. The van der Waals surface area contributed by atoms with Gasteiger partial charge in [0.2, 0.25) is 6.79 Å². The highest BCUT2D eigenvalue weighted by Gasteiger charge is 2.14. The van der Waals surface area contributed by atoms with Crippen molar-refractivity contribution in [3.05, 3.63) is 72.8 Å². The lowest BCUT2D eigenvalue weighted by Gasteiger charge is -2.14. The molecule has 0 fully saturated rings. The van der Waals surface area contributed by atoms with Crippen LogP contribution in [0.5, 0.6) is 11.5 Å². The zero-order valence-corrected chi connectivity index (χ0v) is 15.4. The van der Waals surface area contributed by atoms with Crippen LogP contribution in [0.25, 0.3) is 0 Å². The van der Waals surface area contributed by atoms with Gasteiger partial charge in [0.05, 0.1) is 5.69 Å². The lowest BCUT2D eigenvalue weighted by Crippen LogP contribution is -2.19. The molecule has 4 rings (SSSR count). The quantitative estimate of drug-likeness (QED) is 0.593. The van der Waals surface area contributed by atoms with Gasteiger partial charge in [0.15, 0.2) is 16.6 Å². The fourth-order valence-electron chi connectivity index (χ4n) is 2.53. The second-order valence-electron chi connectivity index (χ2n) is 5.56. The Bertz CT molecular complexity index is 932. The van der Waals surface area contributed by atoms with Crippen LogP contribution in [-0.4, -0.2) is 11.9 Å². The van der Waals surface area contributed by atoms with Crippen molar-refractivity contribution in [1.29, 1.82) is 0 Å². The number of fused-ring (bicyclic) bond motifs is 1. The molecule has 4 nitrogen and oxygen atoms in total. The first-order chi connectivity index (χ1) is 12.8. The summed E-state index contributed by atoms with van der Waals surface area (Å²) in [6.07, 6.45) is 0. The molecule has 26 heavy (non-hydrogen) atoms. The van der Waals surface area contributed by atoms with Crippen molar-refractivity contribution in [3.63, 3.8) is 0 Å². The van der Waals surface area contributed by atoms with Crippen molar-refractivity contribution in [2.45, 2.75) is 9.79 Å². The number of anilines is 2. The topological polar surface area (TPSA) is 42.5 Å². The molecule has 0 saturated heterocycles. The molecule has 1 aliphatic rings. The van der Waals surface area contributed by atoms with Crippen molar-refractivity contribution >= 4 is 40.5 Å². The summed E-state index contributed by atoms with van der Waals surface area (Å²) in [5, 5.41) is 6.98. The maximum Gasteiger partial charge on any atom is 0.231 e. The predicted molar refractivity (Wildman–Crippen MR) is 109 cm³/mol. The van der Waals surface area contributed by atoms with E-state index in [1.54, 1.807) is 11.8 Å². The minimum atomic E-state index is 0.256. The first-order valence-electron chi connectivity index (χ1n) is 8.07. The molecule has 2 N–H and O–H groups in total. The summed E-state index contributed by atoms with van der Waals surface area (Å²) >= 11 is 7.16. The van der Waals surface area contributed by atoms with Crippen LogP contribution in [0.2, 0.25) is 0 Å². The van der Waals surface area contributed by atoms with E-state index in [0.717, 1.165) is 27.8 Å². The summed E-state index contributed by atoms with van der Waals surface area (Å²) in [4.78, 5) is 2.28. The Hall–Kier alpha value is -2.70. The Morgan fingerprint density at radius 3 is 2.50 bits per heavy atom. The maximum absolute atomic E-state index is 5.47. The van der Waals surface area contributed by atoms with Crippen molar-refractivity contribution < 1.29 is 9.47 Å². The third kappa shape index (κ3) is 3.92. The van der Waals surface area contributed by atoms with Crippen LogP contribution in [0, 0.1) is 0 Å². The van der Waals surface area contributed by atoms with Gasteiger partial charge < -0.3 is 20.1 Å². The number of thiocarbonyl (C=S) groups is 1. The van der Waals surface area contributed by atoms with Gasteiger partial charge in [0.1, 0.15) is 0 Å². The predicted octanol–water partition coefficient (Wildman–Crippen LogP) is 5.38. The third-order valence-corrected chi connectivity index (χ3v) is 5.02. The molecule has 0 unspecified atom stereocenters. The molecule has 0 amide bonds. The van der Waals surface area contributed by atoms with Gasteiger partial charge in [-0.3, -0.25) is 0 Å². The van der Waals surface area contributed by atoms with E-state index in [-0.39, 0.29) is 6.79 Å². The van der Waals surface area contributed by atoms with Crippen LogP contribution < -0.4 is 20.1 Å². The van der Waals surface area contributed by atoms with Gasteiger partial charge >= 0.3 is 0 Å². The van der Waals surface area contributed by atoms with Gasteiger partial charge in [-0.25, -0.2) is 0 Å². The minimum Gasteiger partial charge on any atom is -0.454 e. The van der Waals surface area contributed by atoms with E-state index in [9.17, 15) is 0 Å². The summed E-state index contributed by atoms with van der Waals surface area (Å²) in [6.45, 7) is 0.256. The van der Waals surface area contributed by atoms with Crippen LogP contribution in [-0.2, 0) is 0 Å². The van der Waals surface area contributed by atoms with Crippen molar-refractivity contribution in [2.24, 2.45) is 0 Å². The molecular weight excluding hydrogens is 364 g/mol. The highest BCUT2D eigenvalue weighted by atomic mass is 32.2. The zero-order valence-electron chi connectivity index (χ0n) is 13.8. The highest BCUT2D eigenvalue weighted by molar-refractivity contribution is 7.99. The average molecular weight is 380 g/mol. The Balaban J connectivity index is 1.46. The van der Waals surface area contributed by atoms with E-state index >= 15 is 0 Å². The molecular formula is C20H16N2O2S2. The second-order valence-corrected chi connectivity index (χ2v) is 7.08. The van der Waals surface area contributed by atoms with Crippen molar-refractivity contribution in [2.75, 3.05) is 17.4 Å². The van der Waals surface area contributed by atoms with E-state index in [2.05, 4.69) is 28.8 Å². The van der Waals surface area contributed by atoms with Crippen LogP contribution in [0.15, 0.2) is 82.6 Å². The molecule has 0 radical (unpaired) electrons. The normalized spacial score (nSPS) is 11.8. The van der Waals surface area contributed by atoms with Gasteiger partial charge in [-0.15, -0.1) is 0 Å². The molecule has 3 aromatic carbocycles. The number of ether oxygens (including phenoxy) is 2. The standard InChI is InChI=1S/C20H16N2O2S2/c25-20(21-14-10-11-17-18(12-14)24-13-23-17)22-16-8-4-5-9-19(16)26-15-6-2-1-3-7-15/h1-12H,13H2,(H2,21,22,25). The molecule has 0 saturated carbocycles. The Kier molecular flexibility index (Phi) is 4.95. The van der Waals surface area contributed by atoms with E-state index in [1.807, 2.05) is 54.6 Å². The van der Waals surface area contributed by atoms with Gasteiger partial charge in [-0.1, -0.05) is 42.1 Å². The summed E-state index contributed by atoms with van der Waals surface area (Å²) in [7, 11) is 0. The van der Waals surface area contributed by atoms with E-state index in [0.29, 0.717) is 5.11 Å². The lowest BCUT2D eigenvalue weighted by atomic mass is 10.3. The largest absolute Gasteiger partial charge is 0.454 e. The van der Waals surface area contributed by atoms with Crippen LogP contribution >= 0.6 is 24.0 Å². The van der Waals surface area contributed by atoms with Gasteiger partial charge in [-0.2, -0.15) is 0 Å². The molecule has 1 aliphatic heterocycles. The molecule has 6 heteroatoms. The van der Waals surface area contributed by atoms with Crippen LogP contribution in [0.1, 0.15) is 0 Å². The number of rotatable bonds is 4. The molecule has 0 aromatic heterocycles. The molecule has 130 valence electrons. The Labute approximate surface area is 161 Å². The van der Waals surface area contributed by atoms with Crippen LogP contribution in [0.3, 0.4) is 0 Å². The zero-order chi connectivity index (χ0) is 17.8. The molecule has 1 heterocycles. The SMILES string of the molecule is S=C(Nc1ccc2c(c1)OCO2)Nc1ccccc1Sc1ccccc1. The first kappa shape index (κ1) is 16.8.